The molecule has 1 aromatic heterocycles. The molecular weight excluding hydrogens is 261 g/mol. The third-order valence-electron chi connectivity index (χ3n) is 3.67. The fourth-order valence-corrected chi connectivity index (χ4v) is 3.97. The number of benzene rings is 1. The first kappa shape index (κ1) is 13.0. The smallest absolute Gasteiger partial charge is 0.124 e. The maximum Gasteiger partial charge on any atom is 0.124 e. The summed E-state index contributed by atoms with van der Waals surface area (Å²) >= 11 is 1.69. The van der Waals surface area contributed by atoms with Gasteiger partial charge in [0.25, 0.3) is 0 Å². The second-order valence-corrected chi connectivity index (χ2v) is 6.11. The zero-order chi connectivity index (χ0) is 13.2. The lowest BCUT2D eigenvalue weighted by molar-refractivity contribution is 0.177. The van der Waals surface area contributed by atoms with Gasteiger partial charge in [-0.15, -0.1) is 11.3 Å². The summed E-state index contributed by atoms with van der Waals surface area (Å²) in [6.45, 7) is 4.73. The Balaban J connectivity index is 1.94. The van der Waals surface area contributed by atoms with Crippen molar-refractivity contribution in [2.45, 2.75) is 19.4 Å². The van der Waals surface area contributed by atoms with Gasteiger partial charge >= 0.3 is 0 Å². The third kappa shape index (κ3) is 2.66. The second kappa shape index (κ2) is 5.57. The van der Waals surface area contributed by atoms with Crippen molar-refractivity contribution in [2.75, 3.05) is 19.8 Å². The summed E-state index contributed by atoms with van der Waals surface area (Å²) in [6, 6.07) is 7.52. The van der Waals surface area contributed by atoms with Gasteiger partial charge in [0.2, 0.25) is 0 Å². The Morgan fingerprint density at radius 2 is 2.37 bits per heavy atom. The number of rotatable bonds is 4. The highest BCUT2D eigenvalue weighted by atomic mass is 32.1. The normalized spacial score (nSPS) is 21.1. The minimum absolute atomic E-state index is 0.162. The molecule has 1 fully saturated rings. The molecule has 1 aliphatic heterocycles. The molecule has 1 aromatic carbocycles. The Bertz CT molecular complexity index is 562. The molecule has 19 heavy (non-hydrogen) atoms. The summed E-state index contributed by atoms with van der Waals surface area (Å²) in [6.07, 6.45) is 1.10. The average Bonchev–Trinajstić information content (AvgIpc) is 3.04. The Hall–Kier alpha value is -0.970. The highest BCUT2D eigenvalue weighted by Gasteiger charge is 2.27. The molecule has 1 saturated heterocycles. The minimum Gasteiger partial charge on any atom is -0.381 e. The van der Waals surface area contributed by atoms with E-state index < -0.39 is 0 Å². The van der Waals surface area contributed by atoms with Gasteiger partial charge in [0.1, 0.15) is 5.82 Å². The van der Waals surface area contributed by atoms with Gasteiger partial charge in [-0.25, -0.2) is 4.39 Å². The van der Waals surface area contributed by atoms with E-state index in [4.69, 9.17) is 4.74 Å². The molecule has 2 heterocycles. The Morgan fingerprint density at radius 3 is 3.11 bits per heavy atom. The maximum atomic E-state index is 13.3. The highest BCUT2D eigenvalue weighted by Crippen LogP contribution is 2.36. The van der Waals surface area contributed by atoms with Crippen LogP contribution in [0, 0.1) is 11.7 Å². The molecule has 0 spiro atoms. The van der Waals surface area contributed by atoms with Gasteiger partial charge in [0.05, 0.1) is 6.61 Å². The SMILES string of the molecule is CCNC(c1cc2ccc(F)cc2s1)C1CCOC1. The van der Waals surface area contributed by atoms with Crippen molar-refractivity contribution in [3.8, 4) is 0 Å². The number of hydrogen-bond acceptors (Lipinski definition) is 3. The van der Waals surface area contributed by atoms with Gasteiger partial charge < -0.3 is 10.1 Å². The van der Waals surface area contributed by atoms with Crippen molar-refractivity contribution < 1.29 is 9.13 Å². The van der Waals surface area contributed by atoms with E-state index in [2.05, 4.69) is 18.3 Å². The number of fused-ring (bicyclic) bond motifs is 1. The number of ether oxygens (including phenoxy) is 1. The minimum atomic E-state index is -0.162. The monoisotopic (exact) mass is 279 g/mol. The van der Waals surface area contributed by atoms with Crippen molar-refractivity contribution in [1.82, 2.24) is 5.32 Å². The van der Waals surface area contributed by atoms with Crippen molar-refractivity contribution in [2.24, 2.45) is 5.92 Å². The molecule has 2 aromatic rings. The summed E-state index contributed by atoms with van der Waals surface area (Å²) in [5, 5.41) is 4.68. The van der Waals surface area contributed by atoms with E-state index in [-0.39, 0.29) is 5.82 Å². The molecule has 2 nitrogen and oxygen atoms in total. The summed E-state index contributed by atoms with van der Waals surface area (Å²) < 4.78 is 19.8. The van der Waals surface area contributed by atoms with E-state index in [0.717, 1.165) is 36.3 Å². The average molecular weight is 279 g/mol. The van der Waals surface area contributed by atoms with E-state index in [1.807, 2.05) is 6.07 Å². The van der Waals surface area contributed by atoms with Gasteiger partial charge in [-0.2, -0.15) is 0 Å². The van der Waals surface area contributed by atoms with Gasteiger partial charge in [-0.05, 0) is 36.6 Å². The van der Waals surface area contributed by atoms with Crippen LogP contribution in [0.15, 0.2) is 24.3 Å². The largest absolute Gasteiger partial charge is 0.381 e. The molecule has 0 bridgehead atoms. The van der Waals surface area contributed by atoms with Crippen LogP contribution in [0.25, 0.3) is 10.1 Å². The van der Waals surface area contributed by atoms with E-state index in [1.165, 1.54) is 10.9 Å². The van der Waals surface area contributed by atoms with Crippen molar-refractivity contribution in [3.63, 3.8) is 0 Å². The van der Waals surface area contributed by atoms with Crippen LogP contribution in [0.2, 0.25) is 0 Å². The molecule has 102 valence electrons. The van der Waals surface area contributed by atoms with Gasteiger partial charge in [-0.3, -0.25) is 0 Å². The molecule has 0 amide bonds. The fraction of sp³-hybridized carbons (Fsp3) is 0.467. The summed E-state index contributed by atoms with van der Waals surface area (Å²) in [7, 11) is 0. The molecule has 1 aliphatic rings. The topological polar surface area (TPSA) is 21.3 Å². The van der Waals surface area contributed by atoms with Gasteiger partial charge in [-0.1, -0.05) is 13.0 Å². The van der Waals surface area contributed by atoms with Gasteiger partial charge in [0.15, 0.2) is 0 Å². The van der Waals surface area contributed by atoms with Crippen LogP contribution < -0.4 is 5.32 Å². The van der Waals surface area contributed by atoms with Crippen LogP contribution in [0.4, 0.5) is 4.39 Å². The Labute approximate surface area is 116 Å². The zero-order valence-electron chi connectivity index (χ0n) is 11.0. The van der Waals surface area contributed by atoms with Crippen LogP contribution in [-0.2, 0) is 4.74 Å². The first-order valence-electron chi connectivity index (χ1n) is 6.78. The highest BCUT2D eigenvalue weighted by molar-refractivity contribution is 7.19. The molecule has 0 saturated carbocycles. The van der Waals surface area contributed by atoms with Crippen molar-refractivity contribution >= 4 is 21.4 Å². The third-order valence-corrected chi connectivity index (χ3v) is 4.85. The second-order valence-electron chi connectivity index (χ2n) is 4.99. The van der Waals surface area contributed by atoms with Crippen LogP contribution in [0.5, 0.6) is 0 Å². The van der Waals surface area contributed by atoms with E-state index in [0.29, 0.717) is 12.0 Å². The lowest BCUT2D eigenvalue weighted by atomic mass is 9.97. The molecule has 0 radical (unpaired) electrons. The molecule has 0 aliphatic carbocycles. The molecule has 2 unspecified atom stereocenters. The summed E-state index contributed by atoms with van der Waals surface area (Å²) in [5.41, 5.74) is 0. The standard InChI is InChI=1S/C15H18FNOS/c1-2-17-15(11-5-6-18-9-11)14-7-10-3-4-12(16)8-13(10)19-14/h3-4,7-8,11,15,17H,2,5-6,9H2,1H3. The van der Waals surface area contributed by atoms with Crippen LogP contribution in [0.1, 0.15) is 24.3 Å². The van der Waals surface area contributed by atoms with E-state index >= 15 is 0 Å². The van der Waals surface area contributed by atoms with Crippen LogP contribution in [-0.4, -0.2) is 19.8 Å². The molecule has 4 heteroatoms. The fourth-order valence-electron chi connectivity index (χ4n) is 2.71. The Morgan fingerprint density at radius 1 is 1.47 bits per heavy atom. The quantitative estimate of drug-likeness (QED) is 0.921. The lowest BCUT2D eigenvalue weighted by Crippen LogP contribution is -2.27. The molecule has 3 rings (SSSR count). The zero-order valence-corrected chi connectivity index (χ0v) is 11.8. The predicted octanol–water partition coefficient (Wildman–Crippen LogP) is 3.73. The van der Waals surface area contributed by atoms with Gasteiger partial charge in [0, 0.05) is 28.1 Å². The van der Waals surface area contributed by atoms with E-state index in [1.54, 1.807) is 17.4 Å². The maximum absolute atomic E-state index is 13.3. The van der Waals surface area contributed by atoms with Crippen molar-refractivity contribution in [1.29, 1.82) is 0 Å². The van der Waals surface area contributed by atoms with Crippen molar-refractivity contribution in [3.05, 3.63) is 35.0 Å². The molecule has 2 atom stereocenters. The number of halogens is 1. The lowest BCUT2D eigenvalue weighted by Gasteiger charge is -2.21. The summed E-state index contributed by atoms with van der Waals surface area (Å²) in [4.78, 5) is 1.29. The molecule has 1 N–H and O–H groups in total. The van der Waals surface area contributed by atoms with E-state index in [9.17, 15) is 4.39 Å². The number of nitrogens with one attached hydrogen (secondary N) is 1. The first-order chi connectivity index (χ1) is 9.28. The molecular formula is C15H18FNOS. The summed E-state index contributed by atoms with van der Waals surface area (Å²) in [5.74, 6) is 0.364. The Kier molecular flexibility index (Phi) is 3.82. The number of hydrogen-bond donors (Lipinski definition) is 1. The number of thiophene rings is 1. The van der Waals surface area contributed by atoms with Crippen LogP contribution >= 0.6 is 11.3 Å². The predicted molar refractivity (Wildman–Crippen MR) is 77.1 cm³/mol. The first-order valence-corrected chi connectivity index (χ1v) is 7.59. The van der Waals surface area contributed by atoms with Crippen LogP contribution in [0.3, 0.4) is 0 Å².